The summed E-state index contributed by atoms with van der Waals surface area (Å²) in [4.78, 5) is 16.7. The van der Waals surface area contributed by atoms with Gasteiger partial charge in [-0.25, -0.2) is 4.99 Å². The molecule has 140 valence electrons. The molecule has 1 fully saturated rings. The zero-order valence-corrected chi connectivity index (χ0v) is 17.9. The van der Waals surface area contributed by atoms with Gasteiger partial charge in [0.2, 0.25) is 0 Å². The monoisotopic (exact) mass is 412 g/mol. The molecular weight excluding hydrogens is 384 g/mol. The first-order valence-corrected chi connectivity index (χ1v) is 9.50. The van der Waals surface area contributed by atoms with E-state index in [1.165, 1.54) is 6.34 Å². The molecule has 2 N–H and O–H groups in total. The van der Waals surface area contributed by atoms with Crippen molar-refractivity contribution in [2.45, 2.75) is 73.4 Å². The highest BCUT2D eigenvalue weighted by Gasteiger charge is 2.65. The van der Waals surface area contributed by atoms with E-state index in [2.05, 4.69) is 87.1 Å². The molecule has 0 bridgehead atoms. The SMILES string of the molecule is CC1(C)OC(N2NC(Br)=C3C(=O)NC=NC32)C(C)(C)C(C)(C)C1(C)C. The lowest BCUT2D eigenvalue weighted by Gasteiger charge is -2.66. The van der Waals surface area contributed by atoms with Gasteiger partial charge in [0, 0.05) is 5.41 Å². The summed E-state index contributed by atoms with van der Waals surface area (Å²) in [7, 11) is 0. The topological polar surface area (TPSA) is 66.0 Å². The lowest BCUT2D eigenvalue weighted by molar-refractivity contribution is -0.330. The molecule has 0 aliphatic carbocycles. The molecule has 0 aromatic heterocycles. The highest BCUT2D eigenvalue weighted by atomic mass is 79.9. The number of hydrazine groups is 1. The van der Waals surface area contributed by atoms with Crippen molar-refractivity contribution in [1.82, 2.24) is 15.8 Å². The van der Waals surface area contributed by atoms with Crippen LogP contribution in [0.4, 0.5) is 0 Å². The Morgan fingerprint density at radius 1 is 1.12 bits per heavy atom. The first-order valence-electron chi connectivity index (χ1n) is 8.71. The van der Waals surface area contributed by atoms with Gasteiger partial charge in [-0.1, -0.05) is 41.5 Å². The third-order valence-electron chi connectivity index (χ3n) is 7.60. The molecule has 3 aliphatic heterocycles. The minimum absolute atomic E-state index is 0.0377. The van der Waals surface area contributed by atoms with Gasteiger partial charge in [-0.2, -0.15) is 5.01 Å². The van der Waals surface area contributed by atoms with Crippen molar-refractivity contribution < 1.29 is 9.53 Å². The minimum Gasteiger partial charge on any atom is -0.354 e. The minimum atomic E-state index is -0.403. The average Bonchev–Trinajstić information content (AvgIpc) is 2.81. The molecule has 3 heterocycles. The van der Waals surface area contributed by atoms with Crippen LogP contribution in [0.2, 0.25) is 0 Å². The Morgan fingerprint density at radius 3 is 2.32 bits per heavy atom. The molecule has 0 radical (unpaired) electrons. The Hall–Kier alpha value is -0.920. The van der Waals surface area contributed by atoms with E-state index < -0.39 is 6.17 Å². The highest BCUT2D eigenvalue weighted by molar-refractivity contribution is 9.11. The molecule has 0 saturated carbocycles. The van der Waals surface area contributed by atoms with Crippen molar-refractivity contribution in [3.63, 3.8) is 0 Å². The molecule has 1 saturated heterocycles. The third kappa shape index (κ3) is 2.28. The summed E-state index contributed by atoms with van der Waals surface area (Å²) < 4.78 is 7.31. The van der Waals surface area contributed by atoms with Crippen LogP contribution in [0.25, 0.3) is 0 Å². The van der Waals surface area contributed by atoms with E-state index in [1.807, 2.05) is 5.01 Å². The van der Waals surface area contributed by atoms with E-state index in [9.17, 15) is 4.79 Å². The number of nitrogens with zero attached hydrogens (tertiary/aromatic N) is 2. The van der Waals surface area contributed by atoms with Gasteiger partial charge >= 0.3 is 0 Å². The standard InChI is InChI=1S/C18H29BrN4O2/c1-15(2)14(25-18(7,8)17(5,6)16(15,3)4)23-12-10(11(19)22-23)13(24)21-9-20-12/h9,12,14,22H,1-8H3,(H,20,21,24). The number of fused-ring (bicyclic) bond motifs is 1. The maximum absolute atomic E-state index is 12.2. The Morgan fingerprint density at radius 2 is 1.72 bits per heavy atom. The second-order valence-electron chi connectivity index (χ2n) is 9.32. The summed E-state index contributed by atoms with van der Waals surface area (Å²) in [6, 6.07) is 0. The van der Waals surface area contributed by atoms with Crippen molar-refractivity contribution in [3.8, 4) is 0 Å². The lowest BCUT2D eigenvalue weighted by atomic mass is 9.48. The molecule has 2 atom stereocenters. The largest absolute Gasteiger partial charge is 0.354 e. The molecule has 2 unspecified atom stereocenters. The number of hydrogen-bond acceptors (Lipinski definition) is 5. The molecule has 3 aliphatic rings. The van der Waals surface area contributed by atoms with Gasteiger partial charge in [0.05, 0.1) is 17.5 Å². The third-order valence-corrected chi connectivity index (χ3v) is 8.20. The van der Waals surface area contributed by atoms with Crippen LogP contribution in [0.1, 0.15) is 55.4 Å². The summed E-state index contributed by atoms with van der Waals surface area (Å²) in [5.41, 5.74) is 3.22. The van der Waals surface area contributed by atoms with E-state index in [4.69, 9.17) is 4.74 Å². The van der Waals surface area contributed by atoms with Crippen molar-refractivity contribution in [1.29, 1.82) is 0 Å². The van der Waals surface area contributed by atoms with Gasteiger partial charge in [-0.3, -0.25) is 4.79 Å². The molecule has 0 aromatic carbocycles. The maximum Gasteiger partial charge on any atom is 0.258 e. The number of carbonyl (C=O) groups excluding carboxylic acids is 1. The predicted molar refractivity (Wildman–Crippen MR) is 102 cm³/mol. The quantitative estimate of drug-likeness (QED) is 0.649. The fourth-order valence-electron chi connectivity index (χ4n) is 4.13. The van der Waals surface area contributed by atoms with E-state index in [0.717, 1.165) is 0 Å². The zero-order chi connectivity index (χ0) is 19.0. The first kappa shape index (κ1) is 18.9. The van der Waals surface area contributed by atoms with Gasteiger partial charge < -0.3 is 15.5 Å². The van der Waals surface area contributed by atoms with Gasteiger partial charge in [0.15, 0.2) is 6.17 Å². The fraction of sp³-hybridized carbons (Fsp3) is 0.778. The zero-order valence-electron chi connectivity index (χ0n) is 16.3. The Labute approximate surface area is 158 Å². The maximum atomic E-state index is 12.2. The van der Waals surface area contributed by atoms with Crippen LogP contribution in [0.5, 0.6) is 0 Å². The lowest BCUT2D eigenvalue weighted by Crippen LogP contribution is -2.71. The van der Waals surface area contributed by atoms with Gasteiger partial charge in [0.25, 0.3) is 5.91 Å². The summed E-state index contributed by atoms with van der Waals surface area (Å²) in [5, 5.41) is 4.61. The number of aliphatic imine (C=N–C) groups is 1. The van der Waals surface area contributed by atoms with E-state index in [1.54, 1.807) is 0 Å². The number of nitrogens with one attached hydrogen (secondary N) is 2. The molecular formula is C18H29BrN4O2. The van der Waals surface area contributed by atoms with E-state index in [0.29, 0.717) is 10.2 Å². The molecule has 1 amide bonds. The Kier molecular flexibility index (Phi) is 4.00. The number of rotatable bonds is 1. The average molecular weight is 413 g/mol. The second-order valence-corrected chi connectivity index (χ2v) is 10.1. The van der Waals surface area contributed by atoms with Crippen molar-refractivity contribution >= 4 is 28.2 Å². The van der Waals surface area contributed by atoms with Gasteiger partial charge in [-0.05, 0) is 40.6 Å². The second kappa shape index (κ2) is 5.30. The van der Waals surface area contributed by atoms with Gasteiger partial charge in [0.1, 0.15) is 10.8 Å². The van der Waals surface area contributed by atoms with Crippen molar-refractivity contribution in [2.24, 2.45) is 21.2 Å². The van der Waals surface area contributed by atoms with E-state index >= 15 is 0 Å². The van der Waals surface area contributed by atoms with Crippen LogP contribution in [0, 0.1) is 16.2 Å². The molecule has 25 heavy (non-hydrogen) atoms. The summed E-state index contributed by atoms with van der Waals surface area (Å²) in [5.74, 6) is -0.144. The number of amides is 1. The Bertz CT molecular complexity index is 679. The van der Waals surface area contributed by atoms with Crippen LogP contribution in [0.15, 0.2) is 15.2 Å². The highest BCUT2D eigenvalue weighted by Crippen LogP contribution is 2.63. The fourth-order valence-corrected chi connectivity index (χ4v) is 4.72. The normalized spacial score (nSPS) is 35.2. The van der Waals surface area contributed by atoms with Gasteiger partial charge in [-0.15, -0.1) is 0 Å². The summed E-state index contributed by atoms with van der Waals surface area (Å²) in [6.45, 7) is 17.9. The molecule has 3 rings (SSSR count). The first-order chi connectivity index (χ1) is 11.3. The van der Waals surface area contributed by atoms with Crippen LogP contribution in [-0.4, -0.2) is 35.2 Å². The number of carbonyl (C=O) groups is 1. The van der Waals surface area contributed by atoms with Crippen LogP contribution in [0.3, 0.4) is 0 Å². The molecule has 7 heteroatoms. The molecule has 0 aromatic rings. The predicted octanol–water partition coefficient (Wildman–Crippen LogP) is 3.11. The Balaban J connectivity index is 2.05. The van der Waals surface area contributed by atoms with Crippen LogP contribution in [-0.2, 0) is 9.53 Å². The molecule has 6 nitrogen and oxygen atoms in total. The van der Waals surface area contributed by atoms with Crippen LogP contribution < -0.4 is 10.7 Å². The molecule has 0 spiro atoms. The number of hydrogen-bond donors (Lipinski definition) is 2. The van der Waals surface area contributed by atoms with E-state index in [-0.39, 0.29) is 34.0 Å². The van der Waals surface area contributed by atoms with Crippen molar-refractivity contribution in [3.05, 3.63) is 10.2 Å². The number of ether oxygens (including phenoxy) is 1. The van der Waals surface area contributed by atoms with Crippen molar-refractivity contribution in [2.75, 3.05) is 0 Å². The smallest absolute Gasteiger partial charge is 0.258 e. The number of halogens is 1. The summed E-state index contributed by atoms with van der Waals surface area (Å²) >= 11 is 3.48. The van der Waals surface area contributed by atoms with Crippen LogP contribution >= 0.6 is 15.9 Å². The summed E-state index contributed by atoms with van der Waals surface area (Å²) in [6.07, 6.45) is 0.802.